The van der Waals surface area contributed by atoms with Gasteiger partial charge in [-0.15, -0.1) is 0 Å². The van der Waals surface area contributed by atoms with Crippen LogP contribution in [0.25, 0.3) is 0 Å². The zero-order chi connectivity index (χ0) is 11.4. The molecule has 3 heteroatoms. The fraction of sp³-hybridized carbons (Fsp3) is 0.417. The fourth-order valence-electron chi connectivity index (χ4n) is 1.27. The predicted octanol–water partition coefficient (Wildman–Crippen LogP) is 2.50. The van der Waals surface area contributed by atoms with Gasteiger partial charge in [-0.05, 0) is 26.0 Å². The van der Waals surface area contributed by atoms with Gasteiger partial charge in [0.2, 0.25) is 0 Å². The van der Waals surface area contributed by atoms with E-state index in [1.807, 2.05) is 38.1 Å². The quantitative estimate of drug-likeness (QED) is 0.729. The van der Waals surface area contributed by atoms with E-state index >= 15 is 0 Å². The molecule has 0 unspecified atom stereocenters. The van der Waals surface area contributed by atoms with Gasteiger partial charge in [0, 0.05) is 26.3 Å². The molecule has 1 aromatic rings. The summed E-state index contributed by atoms with van der Waals surface area (Å²) in [7, 11) is 3.59. The third-order valence-corrected chi connectivity index (χ3v) is 2.51. The van der Waals surface area contributed by atoms with E-state index in [0.717, 1.165) is 12.2 Å². The fourth-order valence-corrected chi connectivity index (χ4v) is 1.27. The molecule has 1 aromatic carbocycles. The van der Waals surface area contributed by atoms with E-state index in [-0.39, 0.29) is 6.03 Å². The molecule has 82 valence electrons. The van der Waals surface area contributed by atoms with Gasteiger partial charge in [0.25, 0.3) is 0 Å². The second-order valence-corrected chi connectivity index (χ2v) is 3.69. The molecule has 0 N–H and O–H groups in total. The second kappa shape index (κ2) is 4.82. The van der Waals surface area contributed by atoms with E-state index in [9.17, 15) is 4.79 Å². The summed E-state index contributed by atoms with van der Waals surface area (Å²) < 4.78 is 0. The van der Waals surface area contributed by atoms with Gasteiger partial charge in [0.15, 0.2) is 0 Å². The Morgan fingerprint density at radius 2 is 1.73 bits per heavy atom. The molecular formula is C12H18N2O. The lowest BCUT2D eigenvalue weighted by Crippen LogP contribution is -2.38. The minimum absolute atomic E-state index is 0.0151. The Labute approximate surface area is 91.3 Å². The first-order valence-electron chi connectivity index (χ1n) is 5.11. The number of amides is 2. The number of carbonyl (C=O) groups is 1. The average molecular weight is 206 g/mol. The minimum Gasteiger partial charge on any atom is -0.328 e. The topological polar surface area (TPSA) is 23.6 Å². The Morgan fingerprint density at radius 1 is 1.20 bits per heavy atom. The van der Waals surface area contributed by atoms with Crippen molar-refractivity contribution >= 4 is 11.7 Å². The van der Waals surface area contributed by atoms with Gasteiger partial charge >= 0.3 is 6.03 Å². The highest BCUT2D eigenvalue weighted by atomic mass is 16.2. The number of hydrogen-bond acceptors (Lipinski definition) is 1. The van der Waals surface area contributed by atoms with Crippen LogP contribution < -0.4 is 4.90 Å². The van der Waals surface area contributed by atoms with Gasteiger partial charge in [-0.3, -0.25) is 4.90 Å². The van der Waals surface area contributed by atoms with Crippen LogP contribution in [0.4, 0.5) is 10.5 Å². The monoisotopic (exact) mass is 206 g/mol. The van der Waals surface area contributed by atoms with E-state index in [1.165, 1.54) is 5.56 Å². The van der Waals surface area contributed by atoms with E-state index in [4.69, 9.17) is 0 Å². The Morgan fingerprint density at radius 3 is 2.20 bits per heavy atom. The maximum Gasteiger partial charge on any atom is 0.323 e. The van der Waals surface area contributed by atoms with Gasteiger partial charge in [0.1, 0.15) is 0 Å². The highest BCUT2D eigenvalue weighted by Crippen LogP contribution is 2.14. The van der Waals surface area contributed by atoms with E-state index < -0.39 is 0 Å². The highest BCUT2D eigenvalue weighted by molar-refractivity contribution is 5.91. The molecule has 1 rings (SSSR count). The Balaban J connectivity index is 2.80. The molecule has 0 aliphatic heterocycles. The van der Waals surface area contributed by atoms with Crippen molar-refractivity contribution in [3.8, 4) is 0 Å². The molecule has 0 saturated heterocycles. The second-order valence-electron chi connectivity index (χ2n) is 3.69. The molecule has 0 fully saturated rings. The normalized spacial score (nSPS) is 9.87. The van der Waals surface area contributed by atoms with Crippen LogP contribution >= 0.6 is 0 Å². The summed E-state index contributed by atoms with van der Waals surface area (Å²) >= 11 is 0. The lowest BCUT2D eigenvalue weighted by molar-refractivity contribution is 0.219. The lowest BCUT2D eigenvalue weighted by Gasteiger charge is -2.23. The molecule has 3 nitrogen and oxygen atoms in total. The highest BCUT2D eigenvalue weighted by Gasteiger charge is 2.13. The van der Waals surface area contributed by atoms with E-state index in [1.54, 1.807) is 23.9 Å². The zero-order valence-electron chi connectivity index (χ0n) is 9.82. The molecule has 0 saturated carbocycles. The van der Waals surface area contributed by atoms with Gasteiger partial charge in [-0.1, -0.05) is 17.7 Å². The first-order valence-corrected chi connectivity index (χ1v) is 5.11. The van der Waals surface area contributed by atoms with Crippen molar-refractivity contribution in [3.63, 3.8) is 0 Å². The summed E-state index contributed by atoms with van der Waals surface area (Å²) in [6, 6.07) is 7.94. The molecule has 0 aliphatic rings. The number of rotatable bonds is 2. The predicted molar refractivity (Wildman–Crippen MR) is 63.3 cm³/mol. The van der Waals surface area contributed by atoms with Gasteiger partial charge in [-0.2, -0.15) is 0 Å². The molecule has 0 bridgehead atoms. The van der Waals surface area contributed by atoms with Crippen LogP contribution in [0.3, 0.4) is 0 Å². The molecule has 0 spiro atoms. The van der Waals surface area contributed by atoms with Crippen LogP contribution in [-0.4, -0.2) is 31.6 Å². The number of urea groups is 1. The summed E-state index contributed by atoms with van der Waals surface area (Å²) in [4.78, 5) is 15.1. The number of carbonyl (C=O) groups excluding carboxylic acids is 1. The van der Waals surface area contributed by atoms with Gasteiger partial charge < -0.3 is 4.90 Å². The summed E-state index contributed by atoms with van der Waals surface area (Å²) in [5.74, 6) is 0. The van der Waals surface area contributed by atoms with Gasteiger partial charge in [0.05, 0.1) is 0 Å². The van der Waals surface area contributed by atoms with Crippen molar-refractivity contribution in [2.75, 3.05) is 25.5 Å². The molecule has 0 aliphatic carbocycles. The van der Waals surface area contributed by atoms with Crippen molar-refractivity contribution in [2.45, 2.75) is 13.8 Å². The average Bonchev–Trinajstić information content (AvgIpc) is 2.27. The molecule has 0 radical (unpaired) electrons. The third-order valence-electron chi connectivity index (χ3n) is 2.51. The Kier molecular flexibility index (Phi) is 3.72. The smallest absolute Gasteiger partial charge is 0.323 e. The van der Waals surface area contributed by atoms with E-state index in [0.29, 0.717) is 0 Å². The summed E-state index contributed by atoms with van der Waals surface area (Å²) in [5, 5.41) is 0. The number of nitrogens with zero attached hydrogens (tertiary/aromatic N) is 2. The van der Waals surface area contributed by atoms with Crippen LogP contribution in [0.5, 0.6) is 0 Å². The Hall–Kier alpha value is -1.51. The van der Waals surface area contributed by atoms with Crippen LogP contribution in [-0.2, 0) is 0 Å². The lowest BCUT2D eigenvalue weighted by atomic mass is 10.2. The maximum atomic E-state index is 11.8. The largest absolute Gasteiger partial charge is 0.328 e. The first-order chi connectivity index (χ1) is 7.06. The van der Waals surface area contributed by atoms with Crippen molar-refractivity contribution in [1.29, 1.82) is 0 Å². The SMILES string of the molecule is CCN(C)C(=O)N(C)c1ccc(C)cc1. The first kappa shape index (κ1) is 11.6. The van der Waals surface area contributed by atoms with Crippen molar-refractivity contribution in [1.82, 2.24) is 4.90 Å². The third kappa shape index (κ3) is 2.72. The van der Waals surface area contributed by atoms with Crippen molar-refractivity contribution in [3.05, 3.63) is 29.8 Å². The standard InChI is InChI=1S/C12H18N2O/c1-5-13(3)12(15)14(4)11-8-6-10(2)7-9-11/h6-9H,5H2,1-4H3. The zero-order valence-corrected chi connectivity index (χ0v) is 9.82. The molecule has 2 amide bonds. The molecular weight excluding hydrogens is 188 g/mol. The molecule has 0 aromatic heterocycles. The van der Waals surface area contributed by atoms with Crippen molar-refractivity contribution in [2.24, 2.45) is 0 Å². The van der Waals surface area contributed by atoms with E-state index in [2.05, 4.69) is 0 Å². The summed E-state index contributed by atoms with van der Waals surface area (Å²) in [5.41, 5.74) is 2.12. The Bertz CT molecular complexity index is 332. The number of benzene rings is 1. The van der Waals surface area contributed by atoms with Crippen LogP contribution in [0.2, 0.25) is 0 Å². The van der Waals surface area contributed by atoms with Crippen molar-refractivity contribution < 1.29 is 4.79 Å². The van der Waals surface area contributed by atoms with Crippen LogP contribution in [0.1, 0.15) is 12.5 Å². The summed E-state index contributed by atoms with van der Waals surface area (Å²) in [6.07, 6.45) is 0. The number of aryl methyl sites for hydroxylation is 1. The molecule has 0 atom stereocenters. The van der Waals surface area contributed by atoms with Gasteiger partial charge in [-0.25, -0.2) is 4.79 Å². The molecule has 15 heavy (non-hydrogen) atoms. The molecule has 0 heterocycles. The maximum absolute atomic E-state index is 11.8. The summed E-state index contributed by atoms with van der Waals surface area (Å²) in [6.45, 7) is 4.71. The van der Waals surface area contributed by atoms with Crippen LogP contribution in [0.15, 0.2) is 24.3 Å². The minimum atomic E-state index is 0.0151. The number of anilines is 1. The van der Waals surface area contributed by atoms with Crippen LogP contribution in [0, 0.1) is 6.92 Å². The number of hydrogen-bond donors (Lipinski definition) is 0.